The predicted octanol–water partition coefficient (Wildman–Crippen LogP) is 2.45. The molecule has 1 aliphatic rings. The smallest absolute Gasteiger partial charge is 0.0143 e. The zero-order valence-electron chi connectivity index (χ0n) is 7.96. The van der Waals surface area contributed by atoms with E-state index in [2.05, 4.69) is 48.6 Å². The van der Waals surface area contributed by atoms with Crippen molar-refractivity contribution in [2.75, 3.05) is 6.54 Å². The van der Waals surface area contributed by atoms with Crippen LogP contribution in [0.25, 0.3) is 5.57 Å². The van der Waals surface area contributed by atoms with Gasteiger partial charge >= 0.3 is 0 Å². The van der Waals surface area contributed by atoms with E-state index in [0.717, 1.165) is 13.0 Å². The van der Waals surface area contributed by atoms with Crippen molar-refractivity contribution in [3.8, 4) is 0 Å². The summed E-state index contributed by atoms with van der Waals surface area (Å²) in [5.74, 6) is 0. The molecule has 0 radical (unpaired) electrons. The SMILES string of the molecule is CC1CC(c2ccccc2)=CCN1. The normalized spacial score (nSPS) is 22.5. The van der Waals surface area contributed by atoms with Gasteiger partial charge in [-0.15, -0.1) is 0 Å². The summed E-state index contributed by atoms with van der Waals surface area (Å²) < 4.78 is 0. The van der Waals surface area contributed by atoms with E-state index in [4.69, 9.17) is 0 Å². The summed E-state index contributed by atoms with van der Waals surface area (Å²) in [6.07, 6.45) is 3.43. The van der Waals surface area contributed by atoms with Crippen LogP contribution >= 0.6 is 0 Å². The lowest BCUT2D eigenvalue weighted by molar-refractivity contribution is 0.579. The van der Waals surface area contributed by atoms with Crippen LogP contribution in [0.2, 0.25) is 0 Å². The molecule has 0 amide bonds. The Kier molecular flexibility index (Phi) is 2.46. The van der Waals surface area contributed by atoms with Gasteiger partial charge in [-0.25, -0.2) is 0 Å². The van der Waals surface area contributed by atoms with Crippen molar-refractivity contribution in [2.45, 2.75) is 19.4 Å². The topological polar surface area (TPSA) is 12.0 Å². The van der Waals surface area contributed by atoms with Gasteiger partial charge in [0.1, 0.15) is 0 Å². The third kappa shape index (κ3) is 1.99. The fourth-order valence-electron chi connectivity index (χ4n) is 1.76. The zero-order valence-corrected chi connectivity index (χ0v) is 7.96. The van der Waals surface area contributed by atoms with Gasteiger partial charge < -0.3 is 5.32 Å². The summed E-state index contributed by atoms with van der Waals surface area (Å²) in [7, 11) is 0. The van der Waals surface area contributed by atoms with Crippen molar-refractivity contribution < 1.29 is 0 Å². The molecule has 1 aromatic rings. The van der Waals surface area contributed by atoms with Gasteiger partial charge in [-0.1, -0.05) is 36.4 Å². The Bertz CT molecular complexity index is 300. The standard InChI is InChI=1S/C12H15N/c1-10-9-12(7-8-13-10)11-5-3-2-4-6-11/h2-7,10,13H,8-9H2,1H3. The molecule has 1 unspecified atom stereocenters. The molecular weight excluding hydrogens is 158 g/mol. The summed E-state index contributed by atoms with van der Waals surface area (Å²) in [6, 6.07) is 11.2. The molecule has 1 aromatic carbocycles. The van der Waals surface area contributed by atoms with E-state index in [0.29, 0.717) is 6.04 Å². The highest BCUT2D eigenvalue weighted by molar-refractivity contribution is 5.66. The van der Waals surface area contributed by atoms with Crippen molar-refractivity contribution >= 4 is 5.57 Å². The van der Waals surface area contributed by atoms with Gasteiger partial charge in [0.05, 0.1) is 0 Å². The Morgan fingerprint density at radius 1 is 1.23 bits per heavy atom. The second kappa shape index (κ2) is 3.75. The first-order valence-electron chi connectivity index (χ1n) is 4.84. The number of benzene rings is 1. The molecule has 1 heterocycles. The van der Waals surface area contributed by atoms with Gasteiger partial charge in [-0.05, 0) is 24.5 Å². The number of hydrogen-bond donors (Lipinski definition) is 1. The van der Waals surface area contributed by atoms with E-state index in [1.165, 1.54) is 11.1 Å². The van der Waals surface area contributed by atoms with E-state index in [1.54, 1.807) is 0 Å². The fourth-order valence-corrected chi connectivity index (χ4v) is 1.76. The van der Waals surface area contributed by atoms with Crippen LogP contribution in [0.5, 0.6) is 0 Å². The minimum absolute atomic E-state index is 0.611. The van der Waals surface area contributed by atoms with Gasteiger partial charge in [0.15, 0.2) is 0 Å². The molecule has 1 heteroatoms. The second-order valence-electron chi connectivity index (χ2n) is 3.61. The lowest BCUT2D eigenvalue weighted by Crippen LogP contribution is -2.29. The van der Waals surface area contributed by atoms with Crippen molar-refractivity contribution in [1.29, 1.82) is 0 Å². The third-order valence-corrected chi connectivity index (χ3v) is 2.49. The highest BCUT2D eigenvalue weighted by Gasteiger charge is 2.10. The Labute approximate surface area is 79.5 Å². The average Bonchev–Trinajstić information content (AvgIpc) is 2.19. The molecule has 0 aromatic heterocycles. The highest BCUT2D eigenvalue weighted by Crippen LogP contribution is 2.21. The molecule has 0 saturated carbocycles. The lowest BCUT2D eigenvalue weighted by atomic mass is 9.96. The number of nitrogens with one attached hydrogen (secondary N) is 1. The minimum atomic E-state index is 0.611. The number of hydrogen-bond acceptors (Lipinski definition) is 1. The van der Waals surface area contributed by atoms with E-state index in [9.17, 15) is 0 Å². The molecule has 0 spiro atoms. The van der Waals surface area contributed by atoms with Gasteiger partial charge in [0.25, 0.3) is 0 Å². The monoisotopic (exact) mass is 173 g/mol. The van der Waals surface area contributed by atoms with Crippen LogP contribution in [0.4, 0.5) is 0 Å². The zero-order chi connectivity index (χ0) is 9.10. The van der Waals surface area contributed by atoms with Crippen molar-refractivity contribution in [1.82, 2.24) is 5.32 Å². The molecule has 68 valence electrons. The first-order valence-corrected chi connectivity index (χ1v) is 4.84. The Morgan fingerprint density at radius 2 is 2.00 bits per heavy atom. The summed E-state index contributed by atoms with van der Waals surface area (Å²) in [5.41, 5.74) is 2.85. The molecule has 0 saturated heterocycles. The van der Waals surface area contributed by atoms with E-state index in [-0.39, 0.29) is 0 Å². The maximum absolute atomic E-state index is 3.41. The molecule has 0 fully saturated rings. The van der Waals surface area contributed by atoms with Gasteiger partial charge in [-0.2, -0.15) is 0 Å². The van der Waals surface area contributed by atoms with Crippen LogP contribution in [-0.4, -0.2) is 12.6 Å². The van der Waals surface area contributed by atoms with Crippen LogP contribution < -0.4 is 5.32 Å². The molecule has 2 rings (SSSR count). The summed E-state index contributed by atoms with van der Waals surface area (Å²) >= 11 is 0. The van der Waals surface area contributed by atoms with Gasteiger partial charge in [-0.3, -0.25) is 0 Å². The summed E-state index contributed by atoms with van der Waals surface area (Å²) in [4.78, 5) is 0. The van der Waals surface area contributed by atoms with Gasteiger partial charge in [0.2, 0.25) is 0 Å². The van der Waals surface area contributed by atoms with Gasteiger partial charge in [0, 0.05) is 12.6 Å². The summed E-state index contributed by atoms with van der Waals surface area (Å²) in [6.45, 7) is 3.24. The largest absolute Gasteiger partial charge is 0.310 e. The van der Waals surface area contributed by atoms with Crippen LogP contribution in [0, 0.1) is 0 Å². The number of rotatable bonds is 1. The molecule has 1 atom stereocenters. The van der Waals surface area contributed by atoms with Crippen molar-refractivity contribution in [3.05, 3.63) is 42.0 Å². The Morgan fingerprint density at radius 3 is 2.69 bits per heavy atom. The van der Waals surface area contributed by atoms with Crippen LogP contribution in [-0.2, 0) is 0 Å². The lowest BCUT2D eigenvalue weighted by Gasteiger charge is -2.20. The van der Waals surface area contributed by atoms with Crippen LogP contribution in [0.15, 0.2) is 36.4 Å². The van der Waals surface area contributed by atoms with E-state index < -0.39 is 0 Å². The second-order valence-corrected chi connectivity index (χ2v) is 3.61. The summed E-state index contributed by atoms with van der Waals surface area (Å²) in [5, 5.41) is 3.41. The Hall–Kier alpha value is -1.08. The average molecular weight is 173 g/mol. The quantitative estimate of drug-likeness (QED) is 0.688. The first-order chi connectivity index (χ1) is 6.36. The maximum Gasteiger partial charge on any atom is 0.0143 e. The highest BCUT2D eigenvalue weighted by atomic mass is 14.9. The van der Waals surface area contributed by atoms with E-state index >= 15 is 0 Å². The molecule has 0 aliphatic carbocycles. The first kappa shape index (κ1) is 8.52. The molecule has 13 heavy (non-hydrogen) atoms. The Balaban J connectivity index is 2.22. The van der Waals surface area contributed by atoms with E-state index in [1.807, 2.05) is 0 Å². The fraction of sp³-hybridized carbons (Fsp3) is 0.333. The predicted molar refractivity (Wildman–Crippen MR) is 56.5 cm³/mol. The van der Waals surface area contributed by atoms with Crippen LogP contribution in [0.1, 0.15) is 18.9 Å². The molecule has 1 aliphatic heterocycles. The minimum Gasteiger partial charge on any atom is -0.310 e. The molecule has 1 nitrogen and oxygen atoms in total. The van der Waals surface area contributed by atoms with Crippen LogP contribution in [0.3, 0.4) is 0 Å². The maximum atomic E-state index is 3.41. The van der Waals surface area contributed by atoms with Crippen molar-refractivity contribution in [2.24, 2.45) is 0 Å². The third-order valence-electron chi connectivity index (χ3n) is 2.49. The molecule has 0 bridgehead atoms. The molecule has 1 N–H and O–H groups in total. The molecular formula is C12H15N. The van der Waals surface area contributed by atoms with Crippen molar-refractivity contribution in [3.63, 3.8) is 0 Å².